The average Bonchev–Trinajstić information content (AvgIpc) is 2.38. The third kappa shape index (κ3) is 8.27. The van der Waals surface area contributed by atoms with Gasteiger partial charge >= 0.3 is 0 Å². The van der Waals surface area contributed by atoms with Crippen LogP contribution >= 0.6 is 0 Å². The van der Waals surface area contributed by atoms with Gasteiger partial charge in [-0.2, -0.15) is 0 Å². The second-order valence-electron chi connectivity index (χ2n) is 5.70. The number of aliphatic hydroxyl groups excluding tert-OH is 1. The van der Waals surface area contributed by atoms with E-state index in [0.717, 1.165) is 26.1 Å². The van der Waals surface area contributed by atoms with E-state index in [-0.39, 0.29) is 6.10 Å². The zero-order valence-electron chi connectivity index (χ0n) is 13.0. The first-order valence-electron chi connectivity index (χ1n) is 7.34. The Labute approximate surface area is 123 Å². The monoisotopic (exact) mass is 279 g/mol. The van der Waals surface area contributed by atoms with Crippen LogP contribution in [0.5, 0.6) is 0 Å². The summed E-state index contributed by atoms with van der Waals surface area (Å²) in [6, 6.07) is 10.5. The molecule has 0 aromatic heterocycles. The molecule has 1 atom stereocenters. The molecule has 1 rings (SSSR count). The van der Waals surface area contributed by atoms with Crippen LogP contribution in [0.25, 0.3) is 0 Å². The lowest BCUT2D eigenvalue weighted by Crippen LogP contribution is -2.36. The molecule has 1 aromatic carbocycles. The molecule has 0 heterocycles. The van der Waals surface area contributed by atoms with Crippen molar-refractivity contribution in [2.45, 2.75) is 19.1 Å². The lowest BCUT2D eigenvalue weighted by atomic mass is 10.2. The topological polar surface area (TPSA) is 38.7 Å². The normalized spacial score (nSPS) is 13.1. The molecule has 0 aliphatic heterocycles. The van der Waals surface area contributed by atoms with Gasteiger partial charge in [-0.3, -0.25) is 0 Å². The van der Waals surface area contributed by atoms with Gasteiger partial charge in [-0.1, -0.05) is 30.3 Å². The zero-order valence-corrected chi connectivity index (χ0v) is 13.0. The van der Waals surface area contributed by atoms with Gasteiger partial charge in [0.1, 0.15) is 0 Å². The van der Waals surface area contributed by atoms with E-state index < -0.39 is 0 Å². The molecule has 0 fully saturated rings. The average molecular weight is 279 g/mol. The summed E-state index contributed by atoms with van der Waals surface area (Å²) >= 11 is 0. The van der Waals surface area contributed by atoms with E-state index in [1.54, 1.807) is 0 Å². The molecule has 0 saturated carbocycles. The van der Waals surface area contributed by atoms with Gasteiger partial charge in [0.15, 0.2) is 0 Å². The summed E-state index contributed by atoms with van der Waals surface area (Å²) < 4.78 is 0. The van der Waals surface area contributed by atoms with Crippen molar-refractivity contribution in [2.24, 2.45) is 0 Å². The highest BCUT2D eigenvalue weighted by atomic mass is 16.3. The molecule has 114 valence electrons. The van der Waals surface area contributed by atoms with Gasteiger partial charge < -0.3 is 20.2 Å². The Hall–Kier alpha value is -0.940. The summed E-state index contributed by atoms with van der Waals surface area (Å²) in [5, 5.41) is 13.0. The first-order valence-corrected chi connectivity index (χ1v) is 7.34. The van der Waals surface area contributed by atoms with Gasteiger partial charge in [-0.25, -0.2) is 0 Å². The highest BCUT2D eigenvalue weighted by molar-refractivity contribution is 5.14. The summed E-state index contributed by atoms with van der Waals surface area (Å²) in [6.07, 6.45) is 0.810. The van der Waals surface area contributed by atoms with Crippen LogP contribution in [0.4, 0.5) is 0 Å². The lowest BCUT2D eigenvalue weighted by Gasteiger charge is -2.18. The van der Waals surface area contributed by atoms with Gasteiger partial charge in [-0.15, -0.1) is 0 Å². The van der Waals surface area contributed by atoms with Gasteiger partial charge in [0.25, 0.3) is 0 Å². The van der Waals surface area contributed by atoms with Crippen LogP contribution in [0.3, 0.4) is 0 Å². The molecular weight excluding hydrogens is 250 g/mol. The minimum Gasteiger partial charge on any atom is -0.390 e. The van der Waals surface area contributed by atoms with Gasteiger partial charge in [0.2, 0.25) is 0 Å². The summed E-state index contributed by atoms with van der Waals surface area (Å²) in [6.45, 7) is 4.38. The van der Waals surface area contributed by atoms with Crippen molar-refractivity contribution in [2.75, 3.05) is 47.3 Å². The highest BCUT2D eigenvalue weighted by Crippen LogP contribution is 2.02. The van der Waals surface area contributed by atoms with E-state index in [1.165, 1.54) is 5.56 Å². The lowest BCUT2D eigenvalue weighted by molar-refractivity contribution is 0.134. The first kappa shape index (κ1) is 17.1. The molecule has 20 heavy (non-hydrogen) atoms. The predicted octanol–water partition coefficient (Wildman–Crippen LogP) is 1.02. The van der Waals surface area contributed by atoms with Crippen LogP contribution in [-0.2, 0) is 6.54 Å². The fourth-order valence-corrected chi connectivity index (χ4v) is 2.20. The molecule has 1 unspecified atom stereocenters. The van der Waals surface area contributed by atoms with Gasteiger partial charge in [-0.05, 0) is 46.2 Å². The summed E-state index contributed by atoms with van der Waals surface area (Å²) in [7, 11) is 6.09. The fraction of sp³-hybridized carbons (Fsp3) is 0.625. The molecule has 0 bridgehead atoms. The number of hydrogen-bond donors (Lipinski definition) is 2. The Morgan fingerprint density at radius 3 is 2.50 bits per heavy atom. The largest absolute Gasteiger partial charge is 0.390 e. The molecule has 0 saturated heterocycles. The Morgan fingerprint density at radius 1 is 1.15 bits per heavy atom. The quantitative estimate of drug-likeness (QED) is 0.627. The number of nitrogens with one attached hydrogen (secondary N) is 1. The third-order valence-corrected chi connectivity index (χ3v) is 3.14. The maximum atomic E-state index is 9.71. The van der Waals surface area contributed by atoms with Crippen LogP contribution in [0.15, 0.2) is 30.3 Å². The van der Waals surface area contributed by atoms with Crippen molar-refractivity contribution >= 4 is 0 Å². The smallest absolute Gasteiger partial charge is 0.0791 e. The van der Waals surface area contributed by atoms with Gasteiger partial charge in [0, 0.05) is 19.6 Å². The SMILES string of the molecule is CN(C)CC(O)CNCCCN(C)Cc1ccccc1. The molecule has 0 aliphatic carbocycles. The molecule has 4 heteroatoms. The maximum absolute atomic E-state index is 9.71. The number of rotatable bonds is 10. The van der Waals surface area contributed by atoms with Crippen molar-refractivity contribution in [1.29, 1.82) is 0 Å². The van der Waals surface area contributed by atoms with E-state index in [1.807, 2.05) is 25.1 Å². The number of likely N-dealkylation sites (N-methyl/N-ethyl adjacent to an activating group) is 1. The van der Waals surface area contributed by atoms with Crippen molar-refractivity contribution < 1.29 is 5.11 Å². The molecule has 0 aliphatic rings. The maximum Gasteiger partial charge on any atom is 0.0791 e. The molecule has 0 radical (unpaired) electrons. The fourth-order valence-electron chi connectivity index (χ4n) is 2.20. The van der Waals surface area contributed by atoms with E-state index in [0.29, 0.717) is 13.1 Å². The van der Waals surface area contributed by atoms with E-state index in [9.17, 15) is 5.11 Å². The predicted molar refractivity (Wildman–Crippen MR) is 84.8 cm³/mol. The second-order valence-corrected chi connectivity index (χ2v) is 5.70. The highest BCUT2D eigenvalue weighted by Gasteiger charge is 2.04. The van der Waals surface area contributed by atoms with Gasteiger partial charge in [0.05, 0.1) is 6.10 Å². The molecular formula is C16H29N3O. The zero-order chi connectivity index (χ0) is 14.8. The molecule has 1 aromatic rings. The number of aliphatic hydroxyl groups is 1. The minimum atomic E-state index is -0.285. The molecule has 0 spiro atoms. The second kappa shape index (κ2) is 9.88. The Balaban J connectivity index is 2.03. The standard InChI is InChI=1S/C16H29N3O/c1-18(2)14-16(20)12-17-10-7-11-19(3)13-15-8-5-4-6-9-15/h4-6,8-9,16-17,20H,7,10-14H2,1-3H3. The minimum absolute atomic E-state index is 0.285. The van der Waals surface area contributed by atoms with Crippen LogP contribution in [0, 0.1) is 0 Å². The number of nitrogens with zero attached hydrogens (tertiary/aromatic N) is 2. The third-order valence-electron chi connectivity index (χ3n) is 3.14. The molecule has 0 amide bonds. The van der Waals surface area contributed by atoms with Crippen LogP contribution < -0.4 is 5.32 Å². The summed E-state index contributed by atoms with van der Waals surface area (Å²) in [5.74, 6) is 0. The Bertz CT molecular complexity index is 343. The van der Waals surface area contributed by atoms with Crippen molar-refractivity contribution in [3.05, 3.63) is 35.9 Å². The summed E-state index contributed by atoms with van der Waals surface area (Å²) in [5.41, 5.74) is 1.35. The van der Waals surface area contributed by atoms with E-state index in [2.05, 4.69) is 41.5 Å². The number of benzene rings is 1. The summed E-state index contributed by atoms with van der Waals surface area (Å²) in [4.78, 5) is 4.33. The van der Waals surface area contributed by atoms with Crippen LogP contribution in [0.2, 0.25) is 0 Å². The Kier molecular flexibility index (Phi) is 8.46. The van der Waals surface area contributed by atoms with Crippen LogP contribution in [-0.4, -0.2) is 68.3 Å². The number of hydrogen-bond acceptors (Lipinski definition) is 4. The van der Waals surface area contributed by atoms with E-state index in [4.69, 9.17) is 0 Å². The molecule has 4 nitrogen and oxygen atoms in total. The van der Waals surface area contributed by atoms with Crippen molar-refractivity contribution in [3.63, 3.8) is 0 Å². The van der Waals surface area contributed by atoms with Crippen LogP contribution in [0.1, 0.15) is 12.0 Å². The van der Waals surface area contributed by atoms with E-state index >= 15 is 0 Å². The Morgan fingerprint density at radius 2 is 1.85 bits per heavy atom. The molecule has 2 N–H and O–H groups in total. The first-order chi connectivity index (χ1) is 9.58. The van der Waals surface area contributed by atoms with Crippen molar-refractivity contribution in [1.82, 2.24) is 15.1 Å². The van der Waals surface area contributed by atoms with Crippen molar-refractivity contribution in [3.8, 4) is 0 Å².